The maximum Gasteiger partial charge on any atom is 0.270 e. The van der Waals surface area contributed by atoms with E-state index in [1.807, 2.05) is 13.8 Å². The molecule has 0 aliphatic rings. The number of amides is 1. The topological polar surface area (TPSA) is 114 Å². The molecule has 1 amide bonds. The number of nitro benzene ring substituents is 1. The molecule has 0 unspecified atom stereocenters. The number of carbonyl (C=O) groups excluding carboxylic acids is 1. The van der Waals surface area contributed by atoms with Crippen molar-refractivity contribution in [2.75, 3.05) is 37.3 Å². The molecule has 1 heterocycles. The molecule has 2 aromatic carbocycles. The molecular weight excluding hydrogens is 452 g/mol. The van der Waals surface area contributed by atoms with E-state index in [4.69, 9.17) is 0 Å². The zero-order valence-electron chi connectivity index (χ0n) is 18.0. The minimum Gasteiger partial charge on any atom is -0.302 e. The van der Waals surface area contributed by atoms with E-state index in [1.165, 1.54) is 46.6 Å². The third-order valence-corrected chi connectivity index (χ3v) is 7.26. The lowest BCUT2D eigenvalue weighted by molar-refractivity contribution is -0.384. The van der Waals surface area contributed by atoms with Crippen LogP contribution in [0.4, 0.5) is 10.8 Å². The van der Waals surface area contributed by atoms with E-state index in [-0.39, 0.29) is 16.1 Å². The van der Waals surface area contributed by atoms with Gasteiger partial charge >= 0.3 is 0 Å². The van der Waals surface area contributed by atoms with Gasteiger partial charge in [-0.2, -0.15) is 0 Å². The van der Waals surface area contributed by atoms with Gasteiger partial charge in [0, 0.05) is 37.0 Å². The highest BCUT2D eigenvalue weighted by Crippen LogP contribution is 2.33. The normalized spacial score (nSPS) is 11.8. The van der Waals surface area contributed by atoms with Gasteiger partial charge in [-0.1, -0.05) is 37.3 Å². The molecule has 32 heavy (non-hydrogen) atoms. The second kappa shape index (κ2) is 9.72. The number of aromatic nitrogens is 1. The lowest BCUT2D eigenvalue weighted by atomic mass is 10.2. The van der Waals surface area contributed by atoms with Crippen molar-refractivity contribution in [3.8, 4) is 0 Å². The molecule has 0 fully saturated rings. The first-order valence-corrected chi connectivity index (χ1v) is 12.7. The van der Waals surface area contributed by atoms with E-state index in [9.17, 15) is 23.3 Å². The van der Waals surface area contributed by atoms with Crippen molar-refractivity contribution in [3.63, 3.8) is 0 Å². The summed E-state index contributed by atoms with van der Waals surface area (Å²) < 4.78 is 25.0. The molecule has 0 saturated carbocycles. The van der Waals surface area contributed by atoms with Crippen LogP contribution in [0.1, 0.15) is 24.2 Å². The van der Waals surface area contributed by atoms with E-state index in [0.717, 1.165) is 19.3 Å². The quantitative estimate of drug-likeness (QED) is 0.342. The van der Waals surface area contributed by atoms with Crippen LogP contribution in [0.5, 0.6) is 0 Å². The summed E-state index contributed by atoms with van der Waals surface area (Å²) in [5.41, 5.74) is 0.305. The first kappa shape index (κ1) is 23.8. The van der Waals surface area contributed by atoms with Crippen LogP contribution < -0.4 is 4.90 Å². The van der Waals surface area contributed by atoms with Crippen LogP contribution in [0.3, 0.4) is 0 Å². The van der Waals surface area contributed by atoms with E-state index in [2.05, 4.69) is 9.88 Å². The van der Waals surface area contributed by atoms with Gasteiger partial charge in [-0.3, -0.25) is 19.8 Å². The Bertz CT molecular complexity index is 1250. The van der Waals surface area contributed by atoms with Gasteiger partial charge in [-0.05, 0) is 31.3 Å². The molecule has 0 radical (unpaired) electrons. The number of likely N-dealkylation sites (N-methyl/N-ethyl adjacent to an activating group) is 1. The van der Waals surface area contributed by atoms with Crippen LogP contribution in [0, 0.1) is 10.1 Å². The van der Waals surface area contributed by atoms with Crippen molar-refractivity contribution in [2.45, 2.75) is 18.7 Å². The Morgan fingerprint density at radius 2 is 1.81 bits per heavy atom. The molecule has 11 heteroatoms. The number of thiazole rings is 1. The largest absolute Gasteiger partial charge is 0.302 e. The number of hydrogen-bond acceptors (Lipinski definition) is 8. The van der Waals surface area contributed by atoms with E-state index in [0.29, 0.717) is 28.4 Å². The number of carbonyl (C=O) groups is 1. The lowest BCUT2D eigenvalue weighted by Crippen LogP contribution is -2.38. The number of hydrogen-bond donors (Lipinski definition) is 0. The van der Waals surface area contributed by atoms with Crippen LogP contribution in [-0.4, -0.2) is 61.6 Å². The Hall–Kier alpha value is -2.89. The molecule has 0 aliphatic heterocycles. The molecule has 0 bridgehead atoms. The van der Waals surface area contributed by atoms with Crippen molar-refractivity contribution >= 4 is 48.1 Å². The van der Waals surface area contributed by atoms with Crippen LogP contribution in [-0.2, 0) is 9.84 Å². The molecule has 0 saturated heterocycles. The highest BCUT2D eigenvalue weighted by Gasteiger charge is 2.25. The van der Waals surface area contributed by atoms with Crippen molar-refractivity contribution < 1.29 is 18.1 Å². The number of benzene rings is 2. The Balaban J connectivity index is 2.08. The van der Waals surface area contributed by atoms with Gasteiger partial charge in [0.2, 0.25) is 0 Å². The first-order chi connectivity index (χ1) is 15.2. The fourth-order valence-corrected chi connectivity index (χ4v) is 5.21. The van der Waals surface area contributed by atoms with Crippen LogP contribution in [0.25, 0.3) is 10.2 Å². The predicted octanol–water partition coefficient (Wildman–Crippen LogP) is 3.60. The third kappa shape index (κ3) is 5.12. The number of nitro groups is 1. The Morgan fingerprint density at radius 3 is 2.44 bits per heavy atom. The van der Waals surface area contributed by atoms with Gasteiger partial charge in [0.05, 0.1) is 14.5 Å². The van der Waals surface area contributed by atoms with Crippen molar-refractivity contribution in [1.29, 1.82) is 0 Å². The molecular formula is C21H24N4O5S2. The average molecular weight is 477 g/mol. The maximum atomic E-state index is 13.4. The molecule has 3 rings (SSSR count). The molecule has 0 spiro atoms. The predicted molar refractivity (Wildman–Crippen MR) is 125 cm³/mol. The van der Waals surface area contributed by atoms with Gasteiger partial charge in [0.25, 0.3) is 11.6 Å². The van der Waals surface area contributed by atoms with E-state index < -0.39 is 20.7 Å². The summed E-state index contributed by atoms with van der Waals surface area (Å²) in [6.45, 7) is 6.51. The maximum absolute atomic E-state index is 13.4. The number of para-hydroxylation sites is 1. The minimum absolute atomic E-state index is 0.101. The van der Waals surface area contributed by atoms with Gasteiger partial charge < -0.3 is 4.90 Å². The fraction of sp³-hybridized carbons (Fsp3) is 0.333. The number of fused-ring (bicyclic) bond motifs is 1. The Morgan fingerprint density at radius 1 is 1.12 bits per heavy atom. The standard InChI is InChI=1S/C21H24N4O5S2/c1-4-23(5-2)12-13-24(20(26)15-8-6-9-16(14-15)25(27)28)21-22-19-17(31-21)10-7-11-18(19)32(3,29)30/h6-11,14H,4-5,12-13H2,1-3H3. The molecule has 0 aliphatic carbocycles. The summed E-state index contributed by atoms with van der Waals surface area (Å²) in [7, 11) is -3.51. The van der Waals surface area contributed by atoms with Gasteiger partial charge in [0.15, 0.2) is 15.0 Å². The van der Waals surface area contributed by atoms with Crippen LogP contribution in [0.15, 0.2) is 47.4 Å². The summed E-state index contributed by atoms with van der Waals surface area (Å²) in [5.74, 6) is -0.430. The smallest absolute Gasteiger partial charge is 0.270 e. The van der Waals surface area contributed by atoms with Gasteiger partial charge in [0.1, 0.15) is 5.52 Å². The average Bonchev–Trinajstić information content (AvgIpc) is 3.19. The summed E-state index contributed by atoms with van der Waals surface area (Å²) in [5, 5.41) is 11.5. The van der Waals surface area contributed by atoms with Gasteiger partial charge in [-0.25, -0.2) is 13.4 Å². The highest BCUT2D eigenvalue weighted by molar-refractivity contribution is 7.91. The van der Waals surface area contributed by atoms with Crippen molar-refractivity contribution in [2.24, 2.45) is 0 Å². The monoisotopic (exact) mass is 476 g/mol. The highest BCUT2D eigenvalue weighted by atomic mass is 32.2. The molecule has 9 nitrogen and oxygen atoms in total. The second-order valence-electron chi connectivity index (χ2n) is 7.16. The first-order valence-electron chi connectivity index (χ1n) is 10.0. The van der Waals surface area contributed by atoms with Crippen molar-refractivity contribution in [1.82, 2.24) is 9.88 Å². The minimum atomic E-state index is -3.51. The fourth-order valence-electron chi connectivity index (χ4n) is 3.30. The third-order valence-electron chi connectivity index (χ3n) is 5.08. The summed E-state index contributed by atoms with van der Waals surface area (Å²) in [6.07, 6.45) is 1.12. The number of sulfone groups is 1. The molecule has 170 valence electrons. The molecule has 1 aromatic heterocycles. The molecule has 0 N–H and O–H groups in total. The zero-order valence-corrected chi connectivity index (χ0v) is 19.6. The van der Waals surface area contributed by atoms with E-state index in [1.54, 1.807) is 12.1 Å². The van der Waals surface area contributed by atoms with E-state index >= 15 is 0 Å². The number of rotatable bonds is 9. The molecule has 0 atom stereocenters. The number of anilines is 1. The SMILES string of the molecule is CCN(CC)CCN(C(=O)c1cccc([N+](=O)[O-])c1)c1nc2c(S(C)(=O)=O)cccc2s1. The zero-order chi connectivity index (χ0) is 23.5. The lowest BCUT2D eigenvalue weighted by Gasteiger charge is -2.24. The summed E-state index contributed by atoms with van der Waals surface area (Å²) in [4.78, 5) is 32.2. The Labute approximate surface area is 190 Å². The summed E-state index contributed by atoms with van der Waals surface area (Å²) >= 11 is 1.21. The Kier molecular flexibility index (Phi) is 7.22. The second-order valence-corrected chi connectivity index (χ2v) is 10.2. The van der Waals surface area contributed by atoms with Gasteiger partial charge in [-0.15, -0.1) is 0 Å². The van der Waals surface area contributed by atoms with Crippen LogP contribution in [0.2, 0.25) is 0 Å². The summed E-state index contributed by atoms with van der Waals surface area (Å²) in [6, 6.07) is 10.4. The van der Waals surface area contributed by atoms with Crippen molar-refractivity contribution in [3.05, 3.63) is 58.1 Å². The number of non-ortho nitro benzene ring substituents is 1. The number of nitrogens with zero attached hydrogens (tertiary/aromatic N) is 4. The molecule has 3 aromatic rings. The van der Waals surface area contributed by atoms with Crippen LogP contribution >= 0.6 is 11.3 Å².